The zero-order chi connectivity index (χ0) is 13.9. The number of ether oxygens (including phenoxy) is 1. The molecule has 2 heterocycles. The Morgan fingerprint density at radius 2 is 2.10 bits per heavy atom. The number of carbonyl (C=O) groups is 1. The third-order valence-corrected chi connectivity index (χ3v) is 2.68. The molecule has 2 aromatic heterocycles. The van der Waals surface area contributed by atoms with Crippen LogP contribution in [0.5, 0.6) is 11.6 Å². The zero-order valence-corrected chi connectivity index (χ0v) is 10.3. The number of rotatable bonds is 4. The predicted molar refractivity (Wildman–Crippen MR) is 68.6 cm³/mol. The van der Waals surface area contributed by atoms with Gasteiger partial charge in [-0.25, -0.2) is 4.98 Å². The SMILES string of the molecule is O=C(O)Cc1ccc(Oc2nccn3cnnc23)cc1. The Morgan fingerprint density at radius 3 is 2.85 bits per heavy atom. The zero-order valence-electron chi connectivity index (χ0n) is 10.3. The van der Waals surface area contributed by atoms with Crippen molar-refractivity contribution in [3.8, 4) is 11.6 Å². The molecular formula is C13H10N4O3. The van der Waals surface area contributed by atoms with E-state index in [1.807, 2.05) is 0 Å². The van der Waals surface area contributed by atoms with Gasteiger partial charge in [-0.2, -0.15) is 0 Å². The number of hydrogen-bond donors (Lipinski definition) is 1. The van der Waals surface area contributed by atoms with Crippen LogP contribution in [0.2, 0.25) is 0 Å². The quantitative estimate of drug-likeness (QED) is 0.773. The number of carboxylic acids is 1. The fourth-order valence-corrected chi connectivity index (χ4v) is 1.77. The summed E-state index contributed by atoms with van der Waals surface area (Å²) in [6.07, 6.45) is 4.85. The summed E-state index contributed by atoms with van der Waals surface area (Å²) in [4.78, 5) is 14.7. The van der Waals surface area contributed by atoms with Gasteiger partial charge in [-0.15, -0.1) is 10.2 Å². The predicted octanol–water partition coefficient (Wildman–Crippen LogP) is 1.54. The lowest BCUT2D eigenvalue weighted by Crippen LogP contribution is -1.99. The van der Waals surface area contributed by atoms with E-state index < -0.39 is 5.97 Å². The van der Waals surface area contributed by atoms with Crippen LogP contribution in [0.3, 0.4) is 0 Å². The molecule has 3 rings (SSSR count). The number of carboxylic acid groups (broad SMARTS) is 1. The van der Waals surface area contributed by atoms with E-state index in [9.17, 15) is 4.79 Å². The number of benzene rings is 1. The summed E-state index contributed by atoms with van der Waals surface area (Å²) in [5.41, 5.74) is 1.22. The number of aliphatic carboxylic acids is 1. The maximum atomic E-state index is 10.6. The minimum Gasteiger partial charge on any atom is -0.481 e. The van der Waals surface area contributed by atoms with E-state index in [4.69, 9.17) is 9.84 Å². The molecule has 7 nitrogen and oxygen atoms in total. The van der Waals surface area contributed by atoms with Gasteiger partial charge < -0.3 is 9.84 Å². The van der Waals surface area contributed by atoms with Gasteiger partial charge in [-0.1, -0.05) is 12.1 Å². The summed E-state index contributed by atoms with van der Waals surface area (Å²) in [5, 5.41) is 16.4. The van der Waals surface area contributed by atoms with Gasteiger partial charge in [0.2, 0.25) is 5.65 Å². The van der Waals surface area contributed by atoms with E-state index in [1.54, 1.807) is 47.4 Å². The van der Waals surface area contributed by atoms with E-state index in [1.165, 1.54) is 0 Å². The topological polar surface area (TPSA) is 89.6 Å². The van der Waals surface area contributed by atoms with Crippen LogP contribution in [0.1, 0.15) is 5.56 Å². The van der Waals surface area contributed by atoms with Crippen molar-refractivity contribution in [1.82, 2.24) is 19.6 Å². The highest BCUT2D eigenvalue weighted by Crippen LogP contribution is 2.22. The van der Waals surface area contributed by atoms with Crippen LogP contribution in [0, 0.1) is 0 Å². The number of fused-ring (bicyclic) bond motifs is 1. The molecule has 7 heteroatoms. The molecule has 0 unspecified atom stereocenters. The highest BCUT2D eigenvalue weighted by molar-refractivity contribution is 5.70. The highest BCUT2D eigenvalue weighted by atomic mass is 16.5. The Morgan fingerprint density at radius 1 is 1.30 bits per heavy atom. The summed E-state index contributed by atoms with van der Waals surface area (Å²) >= 11 is 0. The summed E-state index contributed by atoms with van der Waals surface area (Å²) in [7, 11) is 0. The van der Waals surface area contributed by atoms with Crippen LogP contribution in [0.25, 0.3) is 5.65 Å². The molecule has 0 radical (unpaired) electrons. The number of nitrogens with zero attached hydrogens (tertiary/aromatic N) is 4. The monoisotopic (exact) mass is 270 g/mol. The summed E-state index contributed by atoms with van der Waals surface area (Å²) in [6.45, 7) is 0. The van der Waals surface area contributed by atoms with Crippen molar-refractivity contribution in [1.29, 1.82) is 0 Å². The molecule has 20 heavy (non-hydrogen) atoms. The molecule has 0 spiro atoms. The number of aromatic nitrogens is 4. The average Bonchev–Trinajstić information content (AvgIpc) is 2.90. The minimum atomic E-state index is -0.867. The van der Waals surface area contributed by atoms with E-state index in [2.05, 4.69) is 15.2 Å². The van der Waals surface area contributed by atoms with Crippen LogP contribution in [0.15, 0.2) is 43.0 Å². The second-order valence-electron chi connectivity index (χ2n) is 4.11. The van der Waals surface area contributed by atoms with Crippen LogP contribution in [0.4, 0.5) is 0 Å². The van der Waals surface area contributed by atoms with Crippen molar-refractivity contribution >= 4 is 11.6 Å². The normalized spacial score (nSPS) is 10.6. The van der Waals surface area contributed by atoms with Gasteiger partial charge in [0.25, 0.3) is 5.88 Å². The van der Waals surface area contributed by atoms with Crippen molar-refractivity contribution in [2.24, 2.45) is 0 Å². The van der Waals surface area contributed by atoms with E-state index in [0.29, 0.717) is 22.8 Å². The lowest BCUT2D eigenvalue weighted by molar-refractivity contribution is -0.136. The molecule has 1 N–H and O–H groups in total. The second-order valence-corrected chi connectivity index (χ2v) is 4.11. The molecule has 0 aliphatic heterocycles. The lowest BCUT2D eigenvalue weighted by Gasteiger charge is -2.05. The molecule has 100 valence electrons. The van der Waals surface area contributed by atoms with Crippen LogP contribution < -0.4 is 4.74 Å². The molecule has 1 aromatic carbocycles. The second kappa shape index (κ2) is 4.96. The molecule has 0 saturated carbocycles. The first kappa shape index (κ1) is 12.1. The Balaban J connectivity index is 1.84. The third kappa shape index (κ3) is 2.41. The molecule has 0 saturated heterocycles. The first-order valence-corrected chi connectivity index (χ1v) is 5.85. The first-order chi connectivity index (χ1) is 9.72. The van der Waals surface area contributed by atoms with Gasteiger partial charge in [0.05, 0.1) is 6.42 Å². The Labute approximate surface area is 113 Å². The molecule has 0 fully saturated rings. The van der Waals surface area contributed by atoms with Gasteiger partial charge in [-0.05, 0) is 17.7 Å². The van der Waals surface area contributed by atoms with Gasteiger partial charge in [0.15, 0.2) is 0 Å². The van der Waals surface area contributed by atoms with Crippen molar-refractivity contribution in [3.05, 3.63) is 48.5 Å². The number of hydrogen-bond acceptors (Lipinski definition) is 5. The van der Waals surface area contributed by atoms with Crippen LogP contribution >= 0.6 is 0 Å². The largest absolute Gasteiger partial charge is 0.481 e. The smallest absolute Gasteiger partial charge is 0.307 e. The van der Waals surface area contributed by atoms with Crippen molar-refractivity contribution in [2.75, 3.05) is 0 Å². The minimum absolute atomic E-state index is 0.0156. The first-order valence-electron chi connectivity index (χ1n) is 5.85. The molecule has 3 aromatic rings. The van der Waals surface area contributed by atoms with Crippen molar-refractivity contribution in [2.45, 2.75) is 6.42 Å². The van der Waals surface area contributed by atoms with Crippen LogP contribution in [-0.2, 0) is 11.2 Å². The Bertz CT molecular complexity index is 752. The fraction of sp³-hybridized carbons (Fsp3) is 0.0769. The van der Waals surface area contributed by atoms with E-state index in [-0.39, 0.29) is 6.42 Å². The molecule has 0 aliphatic rings. The third-order valence-electron chi connectivity index (χ3n) is 2.68. The van der Waals surface area contributed by atoms with Crippen LogP contribution in [-0.4, -0.2) is 30.7 Å². The van der Waals surface area contributed by atoms with Gasteiger partial charge >= 0.3 is 5.97 Å². The van der Waals surface area contributed by atoms with E-state index in [0.717, 1.165) is 0 Å². The summed E-state index contributed by atoms with van der Waals surface area (Å²) < 4.78 is 7.32. The van der Waals surface area contributed by atoms with Gasteiger partial charge in [0, 0.05) is 12.4 Å². The van der Waals surface area contributed by atoms with Gasteiger partial charge in [0.1, 0.15) is 12.1 Å². The van der Waals surface area contributed by atoms with Crippen molar-refractivity contribution < 1.29 is 14.6 Å². The molecule has 0 amide bonds. The Hall–Kier alpha value is -2.96. The average molecular weight is 270 g/mol. The molecule has 0 aliphatic carbocycles. The standard InChI is InChI=1S/C13H10N4O3/c18-11(19)7-9-1-3-10(4-2-9)20-13-12-16-15-8-17(12)6-5-14-13/h1-6,8H,7H2,(H,18,19). The summed E-state index contributed by atoms with van der Waals surface area (Å²) in [6, 6.07) is 6.79. The highest BCUT2D eigenvalue weighted by Gasteiger charge is 2.07. The maximum Gasteiger partial charge on any atom is 0.307 e. The lowest BCUT2D eigenvalue weighted by atomic mass is 10.1. The Kier molecular flexibility index (Phi) is 3.00. The molecule has 0 atom stereocenters. The fourth-order valence-electron chi connectivity index (χ4n) is 1.77. The van der Waals surface area contributed by atoms with Gasteiger partial charge in [-0.3, -0.25) is 9.20 Å². The maximum absolute atomic E-state index is 10.6. The van der Waals surface area contributed by atoms with E-state index >= 15 is 0 Å². The molecule has 0 bridgehead atoms. The summed E-state index contributed by atoms with van der Waals surface area (Å²) in [5.74, 6) is 0.0345. The van der Waals surface area contributed by atoms with Crippen molar-refractivity contribution in [3.63, 3.8) is 0 Å². The molecular weight excluding hydrogens is 260 g/mol.